The molecule has 0 radical (unpaired) electrons. The summed E-state index contributed by atoms with van der Waals surface area (Å²) >= 11 is 0. The summed E-state index contributed by atoms with van der Waals surface area (Å²) < 4.78 is 12.5. The van der Waals surface area contributed by atoms with E-state index < -0.39 is 5.95 Å². The van der Waals surface area contributed by atoms with Gasteiger partial charge in [0.2, 0.25) is 5.95 Å². The smallest absolute Gasteiger partial charge is 0.218 e. The lowest BCUT2D eigenvalue weighted by Crippen LogP contribution is -2.51. The van der Waals surface area contributed by atoms with Crippen LogP contribution in [-0.4, -0.2) is 34.3 Å². The Morgan fingerprint density at radius 1 is 1.50 bits per heavy atom. The van der Waals surface area contributed by atoms with Gasteiger partial charge in [-0.2, -0.15) is 4.39 Å². The highest BCUT2D eigenvalue weighted by Gasteiger charge is 2.25. The second-order valence-corrected chi connectivity index (χ2v) is 2.76. The number of β-amino-alcohol motifs (C(OH)–C–C–N with tert-alkyl or cyclic N) is 1. The van der Waals surface area contributed by atoms with Crippen LogP contribution in [0.2, 0.25) is 0 Å². The van der Waals surface area contributed by atoms with E-state index in [4.69, 9.17) is 5.11 Å². The maximum atomic E-state index is 12.5. The van der Waals surface area contributed by atoms with Crippen LogP contribution in [-0.2, 0) is 0 Å². The Labute approximate surface area is 68.7 Å². The lowest BCUT2D eigenvalue weighted by Gasteiger charge is -2.36. The fourth-order valence-corrected chi connectivity index (χ4v) is 1.14. The van der Waals surface area contributed by atoms with Crippen LogP contribution >= 0.6 is 0 Å². The molecule has 1 N–H and O–H groups in total. The first-order chi connectivity index (χ1) is 5.75. The van der Waals surface area contributed by atoms with E-state index in [1.807, 2.05) is 0 Å². The van der Waals surface area contributed by atoms with Gasteiger partial charge >= 0.3 is 0 Å². The minimum atomic E-state index is -0.540. The fourth-order valence-electron chi connectivity index (χ4n) is 1.14. The van der Waals surface area contributed by atoms with Gasteiger partial charge in [-0.15, -0.1) is 0 Å². The predicted octanol–water partition coefficient (Wildman–Crippen LogP) is -0.203. The molecule has 2 heterocycles. The van der Waals surface area contributed by atoms with Crippen LogP contribution in [0.1, 0.15) is 0 Å². The summed E-state index contributed by atoms with van der Waals surface area (Å²) in [4.78, 5) is 8.98. The average Bonchev–Trinajstić information content (AvgIpc) is 1.99. The van der Waals surface area contributed by atoms with Gasteiger partial charge in [-0.25, -0.2) is 9.97 Å². The highest BCUT2D eigenvalue weighted by atomic mass is 19.1. The molecule has 5 heteroatoms. The number of aromatic nitrogens is 2. The molecule has 1 aromatic rings. The Balaban J connectivity index is 2.13. The van der Waals surface area contributed by atoms with Gasteiger partial charge in [-0.3, -0.25) is 0 Å². The van der Waals surface area contributed by atoms with E-state index in [0.717, 1.165) is 0 Å². The number of rotatable bonds is 1. The summed E-state index contributed by atoms with van der Waals surface area (Å²) in [5, 5.41) is 8.97. The second-order valence-electron chi connectivity index (χ2n) is 2.76. The first-order valence-corrected chi connectivity index (χ1v) is 3.66. The van der Waals surface area contributed by atoms with Crippen LogP contribution in [0.25, 0.3) is 0 Å². The number of anilines is 1. The van der Waals surface area contributed by atoms with E-state index in [0.29, 0.717) is 18.9 Å². The van der Waals surface area contributed by atoms with Crippen molar-refractivity contribution in [2.75, 3.05) is 18.0 Å². The largest absolute Gasteiger partial charge is 0.389 e. The molecule has 0 spiro atoms. The molecule has 0 aliphatic carbocycles. The Hall–Kier alpha value is -1.23. The van der Waals surface area contributed by atoms with Crippen molar-refractivity contribution >= 4 is 5.82 Å². The van der Waals surface area contributed by atoms with E-state index in [2.05, 4.69) is 9.97 Å². The molecule has 0 bridgehead atoms. The molecule has 0 aromatic carbocycles. The van der Waals surface area contributed by atoms with Crippen LogP contribution in [0.5, 0.6) is 0 Å². The molecule has 1 fully saturated rings. The molecule has 0 saturated carbocycles. The SMILES string of the molecule is OC1CN(c2cc(F)ncn2)C1. The Kier molecular flexibility index (Phi) is 1.65. The van der Waals surface area contributed by atoms with Gasteiger partial charge in [0, 0.05) is 19.2 Å². The summed E-state index contributed by atoms with van der Waals surface area (Å²) in [5.41, 5.74) is 0. The van der Waals surface area contributed by atoms with Crippen molar-refractivity contribution < 1.29 is 9.50 Å². The molecule has 0 atom stereocenters. The van der Waals surface area contributed by atoms with Gasteiger partial charge in [0.1, 0.15) is 12.1 Å². The second kappa shape index (κ2) is 2.67. The number of hydrogen-bond donors (Lipinski definition) is 1. The zero-order valence-corrected chi connectivity index (χ0v) is 6.31. The molecule has 0 unspecified atom stereocenters. The average molecular weight is 169 g/mol. The third kappa shape index (κ3) is 1.23. The normalized spacial score (nSPS) is 17.7. The summed E-state index contributed by atoms with van der Waals surface area (Å²) in [6.45, 7) is 1.05. The van der Waals surface area contributed by atoms with E-state index in [-0.39, 0.29) is 6.10 Å². The molecular weight excluding hydrogens is 161 g/mol. The number of aliphatic hydroxyl groups excluding tert-OH is 1. The topological polar surface area (TPSA) is 49.2 Å². The van der Waals surface area contributed by atoms with Crippen molar-refractivity contribution in [3.63, 3.8) is 0 Å². The highest BCUT2D eigenvalue weighted by molar-refractivity contribution is 5.40. The van der Waals surface area contributed by atoms with E-state index in [1.54, 1.807) is 4.90 Å². The minimum Gasteiger partial charge on any atom is -0.389 e. The molecule has 1 aliphatic heterocycles. The summed E-state index contributed by atoms with van der Waals surface area (Å²) in [6.07, 6.45) is 0.873. The molecule has 64 valence electrons. The molecule has 2 rings (SSSR count). The third-order valence-electron chi connectivity index (χ3n) is 1.81. The Bertz CT molecular complexity index is 288. The van der Waals surface area contributed by atoms with Gasteiger partial charge in [0.15, 0.2) is 0 Å². The van der Waals surface area contributed by atoms with Crippen molar-refractivity contribution in [2.45, 2.75) is 6.10 Å². The molecule has 12 heavy (non-hydrogen) atoms. The predicted molar refractivity (Wildman–Crippen MR) is 40.2 cm³/mol. The number of hydrogen-bond acceptors (Lipinski definition) is 4. The maximum absolute atomic E-state index is 12.5. The van der Waals surface area contributed by atoms with Gasteiger partial charge in [-0.05, 0) is 0 Å². The lowest BCUT2D eigenvalue weighted by atomic mass is 10.2. The molecule has 4 nitrogen and oxygen atoms in total. The van der Waals surface area contributed by atoms with Crippen LogP contribution in [0, 0.1) is 5.95 Å². The van der Waals surface area contributed by atoms with E-state index in [9.17, 15) is 4.39 Å². The summed E-state index contributed by atoms with van der Waals surface area (Å²) in [7, 11) is 0. The van der Waals surface area contributed by atoms with Crippen LogP contribution in [0.4, 0.5) is 10.2 Å². The Morgan fingerprint density at radius 3 is 2.83 bits per heavy atom. The third-order valence-corrected chi connectivity index (χ3v) is 1.81. The zero-order valence-electron chi connectivity index (χ0n) is 6.31. The van der Waals surface area contributed by atoms with Crippen molar-refractivity contribution in [3.8, 4) is 0 Å². The first-order valence-electron chi connectivity index (χ1n) is 3.66. The zero-order chi connectivity index (χ0) is 8.55. The number of halogens is 1. The first kappa shape index (κ1) is 7.42. The quantitative estimate of drug-likeness (QED) is 0.591. The molecular formula is C7H8FN3O. The lowest BCUT2D eigenvalue weighted by molar-refractivity contribution is 0.141. The molecule has 1 aromatic heterocycles. The molecule has 0 amide bonds. The Morgan fingerprint density at radius 2 is 2.25 bits per heavy atom. The van der Waals surface area contributed by atoms with Crippen molar-refractivity contribution in [1.29, 1.82) is 0 Å². The summed E-state index contributed by atoms with van der Waals surface area (Å²) in [6, 6.07) is 1.26. The van der Waals surface area contributed by atoms with Gasteiger partial charge in [0.05, 0.1) is 6.10 Å². The van der Waals surface area contributed by atoms with Crippen molar-refractivity contribution in [2.24, 2.45) is 0 Å². The van der Waals surface area contributed by atoms with Gasteiger partial charge in [-0.1, -0.05) is 0 Å². The maximum Gasteiger partial charge on any atom is 0.218 e. The van der Waals surface area contributed by atoms with Gasteiger partial charge in [0.25, 0.3) is 0 Å². The monoisotopic (exact) mass is 169 g/mol. The minimum absolute atomic E-state index is 0.303. The number of nitrogens with zero attached hydrogens (tertiary/aromatic N) is 3. The van der Waals surface area contributed by atoms with Crippen molar-refractivity contribution in [3.05, 3.63) is 18.3 Å². The van der Waals surface area contributed by atoms with Crippen molar-refractivity contribution in [1.82, 2.24) is 9.97 Å². The fraction of sp³-hybridized carbons (Fsp3) is 0.429. The van der Waals surface area contributed by atoms with E-state index in [1.165, 1.54) is 12.4 Å². The highest BCUT2D eigenvalue weighted by Crippen LogP contribution is 2.17. The van der Waals surface area contributed by atoms with Gasteiger partial charge < -0.3 is 10.0 Å². The molecule has 1 saturated heterocycles. The van der Waals surface area contributed by atoms with Crippen LogP contribution < -0.4 is 4.90 Å². The summed E-state index contributed by atoms with van der Waals surface area (Å²) in [5.74, 6) is -0.00538. The van der Waals surface area contributed by atoms with Crippen LogP contribution in [0.15, 0.2) is 12.4 Å². The standard InChI is InChI=1S/C7H8FN3O/c8-6-1-7(10-4-9-6)11-2-5(12)3-11/h1,4-5,12H,2-3H2. The number of aliphatic hydroxyl groups is 1. The molecule has 1 aliphatic rings. The van der Waals surface area contributed by atoms with Crippen LogP contribution in [0.3, 0.4) is 0 Å². The van der Waals surface area contributed by atoms with E-state index >= 15 is 0 Å².